The Kier molecular flexibility index (Phi) is 10.3. The summed E-state index contributed by atoms with van der Waals surface area (Å²) in [6, 6.07) is 7.04. The van der Waals surface area contributed by atoms with E-state index in [1.54, 1.807) is 12.1 Å². The molecule has 0 aliphatic heterocycles. The normalized spacial score (nSPS) is 14.0. The predicted octanol–water partition coefficient (Wildman–Crippen LogP) is 2.53. The van der Waals surface area contributed by atoms with Gasteiger partial charge in [0.25, 0.3) is 0 Å². The number of benzene rings is 1. The summed E-state index contributed by atoms with van der Waals surface area (Å²) in [4.78, 5) is 0. The molecule has 0 radical (unpaired) electrons. The van der Waals surface area contributed by atoms with Crippen LogP contribution in [0.3, 0.4) is 0 Å². The van der Waals surface area contributed by atoms with Gasteiger partial charge in [-0.3, -0.25) is 0 Å². The third kappa shape index (κ3) is 11.5. The van der Waals surface area contributed by atoms with Crippen molar-refractivity contribution in [1.82, 2.24) is 0 Å². The van der Waals surface area contributed by atoms with Gasteiger partial charge in [-0.1, -0.05) is 17.7 Å². The molecule has 0 aliphatic carbocycles. The van der Waals surface area contributed by atoms with Gasteiger partial charge in [-0.05, 0) is 19.1 Å². The summed E-state index contributed by atoms with van der Waals surface area (Å²) in [5.74, 6) is 0.530. The topological polar surface area (TPSA) is 86.6 Å². The number of ether oxygens (including phenoxy) is 5. The summed E-state index contributed by atoms with van der Waals surface area (Å²) in [6.07, 6.45) is -15.9. The van der Waals surface area contributed by atoms with E-state index in [4.69, 9.17) is 14.6 Å². The Morgan fingerprint density at radius 1 is 0.867 bits per heavy atom. The van der Waals surface area contributed by atoms with Gasteiger partial charge in [0.1, 0.15) is 31.7 Å². The molecule has 0 amide bonds. The lowest BCUT2D eigenvalue weighted by Gasteiger charge is -2.25. The largest absolute Gasteiger partial charge is 0.495 e. The minimum Gasteiger partial charge on any atom is -0.491 e. The third-order valence-electron chi connectivity index (χ3n) is 3.14. The Labute approximate surface area is 168 Å². The third-order valence-corrected chi connectivity index (χ3v) is 3.14. The van der Waals surface area contributed by atoms with Crippen LogP contribution in [-0.4, -0.2) is 74.5 Å². The number of aryl methyl sites for hydroxylation is 1. The van der Waals surface area contributed by atoms with Gasteiger partial charge in [-0.2, -0.15) is 17.6 Å². The summed E-state index contributed by atoms with van der Waals surface area (Å²) in [6.45, 7) is -3.07. The van der Waals surface area contributed by atoms with E-state index in [0.29, 0.717) is 5.75 Å². The number of aliphatic hydroxyl groups is 2. The van der Waals surface area contributed by atoms with Gasteiger partial charge in [0.15, 0.2) is 0 Å². The lowest BCUT2D eigenvalue weighted by Crippen LogP contribution is -2.43. The van der Waals surface area contributed by atoms with Crippen molar-refractivity contribution in [3.8, 4) is 5.75 Å². The number of rotatable bonds is 15. The van der Waals surface area contributed by atoms with E-state index in [1.165, 1.54) is 0 Å². The van der Waals surface area contributed by atoms with Crippen LogP contribution in [0.1, 0.15) is 5.56 Å². The highest BCUT2D eigenvalue weighted by atomic mass is 19.3. The molecule has 0 spiro atoms. The molecule has 0 bridgehead atoms. The average Bonchev–Trinajstić information content (AvgIpc) is 2.62. The van der Waals surface area contributed by atoms with E-state index in [-0.39, 0.29) is 19.8 Å². The van der Waals surface area contributed by atoms with Gasteiger partial charge >= 0.3 is 18.5 Å². The quantitative estimate of drug-likeness (QED) is 0.240. The zero-order valence-electron chi connectivity index (χ0n) is 15.8. The number of halogens is 6. The molecular formula is C17H22F6O7. The first-order valence-electron chi connectivity index (χ1n) is 8.52. The van der Waals surface area contributed by atoms with Crippen molar-refractivity contribution >= 4 is 0 Å². The summed E-state index contributed by atoms with van der Waals surface area (Å²) in [5, 5.41) is 17.8. The molecule has 2 N–H and O–H groups in total. The van der Waals surface area contributed by atoms with Crippen LogP contribution in [0.4, 0.5) is 26.3 Å². The summed E-state index contributed by atoms with van der Waals surface area (Å²) in [5.41, 5.74) is 1.03. The molecule has 0 saturated carbocycles. The van der Waals surface area contributed by atoms with Crippen molar-refractivity contribution in [3.05, 3.63) is 29.8 Å². The number of hydrogen-bond donors (Lipinski definition) is 2. The van der Waals surface area contributed by atoms with Crippen LogP contribution >= 0.6 is 0 Å². The molecule has 0 aromatic heterocycles. The van der Waals surface area contributed by atoms with Crippen molar-refractivity contribution < 1.29 is 60.2 Å². The van der Waals surface area contributed by atoms with E-state index < -0.39 is 44.4 Å². The first-order valence-corrected chi connectivity index (χ1v) is 8.52. The zero-order valence-corrected chi connectivity index (χ0v) is 15.8. The molecule has 174 valence electrons. The first kappa shape index (κ1) is 26.4. The van der Waals surface area contributed by atoms with Crippen LogP contribution in [-0.2, 0) is 18.9 Å². The monoisotopic (exact) mass is 452 g/mol. The highest BCUT2D eigenvalue weighted by molar-refractivity contribution is 5.26. The maximum Gasteiger partial charge on any atom is 0.495 e. The van der Waals surface area contributed by atoms with Gasteiger partial charge in [0.2, 0.25) is 0 Å². The second kappa shape index (κ2) is 11.7. The van der Waals surface area contributed by atoms with Crippen LogP contribution in [0.15, 0.2) is 24.3 Å². The molecule has 30 heavy (non-hydrogen) atoms. The lowest BCUT2D eigenvalue weighted by atomic mass is 10.2. The van der Waals surface area contributed by atoms with Crippen molar-refractivity contribution in [2.24, 2.45) is 0 Å². The molecular weight excluding hydrogens is 430 g/mol. The fourth-order valence-electron chi connectivity index (χ4n) is 1.83. The Morgan fingerprint density at radius 3 is 2.03 bits per heavy atom. The van der Waals surface area contributed by atoms with Gasteiger partial charge < -0.3 is 24.4 Å². The smallest absolute Gasteiger partial charge is 0.491 e. The molecule has 0 fully saturated rings. The Balaban J connectivity index is 2.18. The standard InChI is InChI=1S/C17H22F6O7/c1-12-2-4-14(5-3-12)28-9-13(25)8-26-6-7-27-11-16(20,21)30-17(22,23)29-15(18,19)10-24/h2-5,13,24-25H,6-11H2,1H3. The highest BCUT2D eigenvalue weighted by Gasteiger charge is 2.52. The summed E-state index contributed by atoms with van der Waals surface area (Å²) >= 11 is 0. The number of alkyl halides is 6. The van der Waals surface area contributed by atoms with Crippen molar-refractivity contribution in [3.63, 3.8) is 0 Å². The van der Waals surface area contributed by atoms with E-state index >= 15 is 0 Å². The molecule has 0 aliphatic rings. The van der Waals surface area contributed by atoms with Gasteiger partial charge in [-0.15, -0.1) is 8.78 Å². The van der Waals surface area contributed by atoms with Crippen molar-refractivity contribution in [1.29, 1.82) is 0 Å². The minimum absolute atomic E-state index is 0.0939. The van der Waals surface area contributed by atoms with E-state index in [2.05, 4.69) is 14.2 Å². The fourth-order valence-corrected chi connectivity index (χ4v) is 1.83. The van der Waals surface area contributed by atoms with Crippen LogP contribution in [0, 0.1) is 6.92 Å². The van der Waals surface area contributed by atoms with Gasteiger partial charge in [0.05, 0.1) is 19.8 Å². The van der Waals surface area contributed by atoms with Crippen LogP contribution < -0.4 is 4.74 Å². The molecule has 1 atom stereocenters. The fraction of sp³-hybridized carbons (Fsp3) is 0.647. The average molecular weight is 452 g/mol. The van der Waals surface area contributed by atoms with Crippen LogP contribution in [0.5, 0.6) is 5.75 Å². The molecule has 0 saturated heterocycles. The van der Waals surface area contributed by atoms with Gasteiger partial charge in [-0.25, -0.2) is 9.47 Å². The van der Waals surface area contributed by atoms with Crippen molar-refractivity contribution in [2.45, 2.75) is 31.5 Å². The molecule has 1 aromatic rings. The zero-order chi connectivity index (χ0) is 22.8. The SMILES string of the molecule is Cc1ccc(OCC(O)COCCOCC(F)(F)OC(F)(F)OC(F)(F)CO)cc1. The molecule has 1 rings (SSSR count). The van der Waals surface area contributed by atoms with E-state index in [1.807, 2.05) is 19.1 Å². The lowest BCUT2D eigenvalue weighted by molar-refractivity contribution is -0.517. The number of aliphatic hydroxyl groups excluding tert-OH is 2. The van der Waals surface area contributed by atoms with Gasteiger partial charge in [0, 0.05) is 0 Å². The predicted molar refractivity (Wildman–Crippen MR) is 88.4 cm³/mol. The van der Waals surface area contributed by atoms with E-state index in [0.717, 1.165) is 5.56 Å². The maximum atomic E-state index is 13.2. The summed E-state index contributed by atoms with van der Waals surface area (Å²) in [7, 11) is 0. The second-order valence-electron chi connectivity index (χ2n) is 6.01. The van der Waals surface area contributed by atoms with Crippen LogP contribution in [0.2, 0.25) is 0 Å². The Morgan fingerprint density at radius 2 is 1.43 bits per heavy atom. The first-order chi connectivity index (χ1) is 13.8. The highest BCUT2D eigenvalue weighted by Crippen LogP contribution is 2.33. The molecule has 13 heteroatoms. The van der Waals surface area contributed by atoms with E-state index in [9.17, 15) is 31.4 Å². The van der Waals surface area contributed by atoms with Crippen LogP contribution in [0.25, 0.3) is 0 Å². The minimum atomic E-state index is -5.38. The maximum absolute atomic E-state index is 13.2. The molecule has 7 nitrogen and oxygen atoms in total. The Hall–Kier alpha value is -1.64. The molecule has 1 unspecified atom stereocenters. The Bertz CT molecular complexity index is 615. The molecule has 1 aromatic carbocycles. The summed E-state index contributed by atoms with van der Waals surface area (Å²) < 4.78 is 97.4. The second-order valence-corrected chi connectivity index (χ2v) is 6.01. The molecule has 0 heterocycles. The van der Waals surface area contributed by atoms with Crippen molar-refractivity contribution in [2.75, 3.05) is 39.6 Å². The number of hydrogen-bond acceptors (Lipinski definition) is 7.